The molecule has 1 spiro atoms. The van der Waals surface area contributed by atoms with Crippen LogP contribution in [0.5, 0.6) is 0 Å². The third-order valence-corrected chi connectivity index (χ3v) is 9.86. The van der Waals surface area contributed by atoms with Crippen LogP contribution in [0.4, 0.5) is 10.1 Å². The molecule has 224 valence electrons. The first-order valence-corrected chi connectivity index (χ1v) is 15.7. The molecule has 3 aliphatic rings. The van der Waals surface area contributed by atoms with Crippen molar-refractivity contribution in [3.8, 4) is 0 Å². The number of benzene rings is 2. The summed E-state index contributed by atoms with van der Waals surface area (Å²) in [6, 6.07) is 14.0. The largest absolute Gasteiger partial charge is 0.366 e. The highest BCUT2D eigenvalue weighted by atomic mass is 19.1. The van der Waals surface area contributed by atoms with Crippen molar-refractivity contribution in [2.45, 2.75) is 76.0 Å². The van der Waals surface area contributed by atoms with Gasteiger partial charge in [-0.3, -0.25) is 4.79 Å². The van der Waals surface area contributed by atoms with Gasteiger partial charge in [-0.2, -0.15) is 0 Å². The van der Waals surface area contributed by atoms with Gasteiger partial charge >= 0.3 is 0 Å². The highest BCUT2D eigenvalue weighted by Gasteiger charge is 2.45. The third-order valence-electron chi connectivity index (χ3n) is 9.86. The van der Waals surface area contributed by atoms with E-state index < -0.39 is 0 Å². The first kappa shape index (κ1) is 27.8. The average molecular weight is 582 g/mol. The van der Waals surface area contributed by atoms with Crippen LogP contribution in [-0.4, -0.2) is 61.3 Å². The number of fused-ring (bicyclic) bond motifs is 2. The Balaban J connectivity index is 1.05. The summed E-state index contributed by atoms with van der Waals surface area (Å²) in [6.07, 6.45) is 15.8. The van der Waals surface area contributed by atoms with Gasteiger partial charge in [0.2, 0.25) is 0 Å². The van der Waals surface area contributed by atoms with Crippen LogP contribution in [0.1, 0.15) is 78.1 Å². The van der Waals surface area contributed by atoms with E-state index in [1.165, 1.54) is 37.7 Å². The van der Waals surface area contributed by atoms with Crippen LogP contribution in [0, 0.1) is 5.82 Å². The molecule has 0 atom stereocenters. The second kappa shape index (κ2) is 12.0. The lowest BCUT2D eigenvalue weighted by molar-refractivity contribution is 0.0721. The minimum atomic E-state index is -0.147. The molecule has 1 aliphatic carbocycles. The van der Waals surface area contributed by atoms with E-state index in [0.29, 0.717) is 18.7 Å². The molecule has 4 heterocycles. The molecule has 1 saturated heterocycles. The zero-order chi connectivity index (χ0) is 29.2. The van der Waals surface area contributed by atoms with E-state index in [-0.39, 0.29) is 17.1 Å². The molecule has 0 unspecified atom stereocenters. The van der Waals surface area contributed by atoms with Crippen LogP contribution >= 0.6 is 0 Å². The number of hydrogen-bond donors (Lipinski definition) is 2. The summed E-state index contributed by atoms with van der Waals surface area (Å²) in [7, 11) is 0. The van der Waals surface area contributed by atoms with Gasteiger partial charge in [-0.1, -0.05) is 31.4 Å². The van der Waals surface area contributed by atoms with Gasteiger partial charge in [-0.15, -0.1) is 0 Å². The molecule has 2 N–H and O–H groups in total. The van der Waals surface area contributed by atoms with E-state index in [1.807, 2.05) is 30.3 Å². The zero-order valence-electron chi connectivity index (χ0n) is 24.6. The Bertz CT molecular complexity index is 1470. The molecule has 1 amide bonds. The maximum absolute atomic E-state index is 14.6. The second-order valence-electron chi connectivity index (χ2n) is 12.6. The number of aromatic amines is 2. The smallest absolute Gasteiger partial charge is 0.254 e. The van der Waals surface area contributed by atoms with Crippen molar-refractivity contribution in [1.82, 2.24) is 29.7 Å². The fourth-order valence-electron chi connectivity index (χ4n) is 7.56. The molecule has 4 aromatic rings. The van der Waals surface area contributed by atoms with Crippen LogP contribution < -0.4 is 4.90 Å². The highest BCUT2D eigenvalue weighted by Crippen LogP contribution is 2.48. The summed E-state index contributed by atoms with van der Waals surface area (Å²) in [6.45, 7) is 4.54. The second-order valence-corrected chi connectivity index (χ2v) is 12.6. The van der Waals surface area contributed by atoms with Crippen molar-refractivity contribution < 1.29 is 9.18 Å². The van der Waals surface area contributed by atoms with Crippen molar-refractivity contribution >= 4 is 11.6 Å². The summed E-state index contributed by atoms with van der Waals surface area (Å²) in [4.78, 5) is 35.3. The number of piperidine rings is 1. The number of hydrogen-bond acceptors (Lipinski definition) is 5. The summed E-state index contributed by atoms with van der Waals surface area (Å²) in [5, 5.41) is 0. The quantitative estimate of drug-likeness (QED) is 0.275. The van der Waals surface area contributed by atoms with E-state index in [4.69, 9.17) is 0 Å². The zero-order valence-corrected chi connectivity index (χ0v) is 24.6. The van der Waals surface area contributed by atoms with Crippen molar-refractivity contribution in [2.75, 3.05) is 24.5 Å². The SMILES string of the molecule is O=C(c1ccc(CN2CC3(CCN(C4CCCCC4)CC3)c3cc(F)ccc32)cc1)N(Cc1ncc[nH]1)Cc1ncc[nH]1. The van der Waals surface area contributed by atoms with Gasteiger partial charge in [-0.05, 0) is 80.2 Å². The summed E-state index contributed by atoms with van der Waals surface area (Å²) in [5.74, 6) is 1.22. The van der Waals surface area contributed by atoms with Gasteiger partial charge in [0, 0.05) is 60.6 Å². The predicted octanol–water partition coefficient (Wildman–Crippen LogP) is 5.80. The van der Waals surface area contributed by atoms with E-state index in [1.54, 1.807) is 41.8 Å². The number of aromatic nitrogens is 4. The molecule has 2 aliphatic heterocycles. The third kappa shape index (κ3) is 5.83. The highest BCUT2D eigenvalue weighted by molar-refractivity contribution is 5.94. The molecule has 7 rings (SSSR count). The Morgan fingerprint density at radius 1 is 0.930 bits per heavy atom. The van der Waals surface area contributed by atoms with Gasteiger partial charge in [0.1, 0.15) is 17.5 Å². The van der Waals surface area contributed by atoms with Gasteiger partial charge in [0.05, 0.1) is 13.1 Å². The fraction of sp³-hybridized carbons (Fsp3) is 0.441. The van der Waals surface area contributed by atoms with Crippen molar-refractivity contribution in [3.63, 3.8) is 0 Å². The standard InChI is InChI=1S/C34H40FN7O/c35-27-10-11-30-29(20-27)34(12-18-40(19-13-34)28-4-2-1-3-5-28)24-42(30)21-25-6-8-26(9-7-25)33(43)41(22-31-36-14-15-37-31)23-32-38-16-17-39-32/h6-11,14-17,20,28H,1-5,12-13,18-19,21-24H2,(H,36,37)(H,38,39). The van der Waals surface area contributed by atoms with E-state index in [2.05, 4.69) is 29.7 Å². The Kier molecular flexibility index (Phi) is 7.74. The van der Waals surface area contributed by atoms with E-state index >= 15 is 0 Å². The number of likely N-dealkylation sites (tertiary alicyclic amines) is 1. The number of halogens is 1. The molecule has 0 bridgehead atoms. The number of nitrogens with one attached hydrogen (secondary N) is 2. The maximum Gasteiger partial charge on any atom is 0.254 e. The first-order valence-electron chi connectivity index (χ1n) is 15.7. The Morgan fingerprint density at radius 2 is 1.60 bits per heavy atom. The molecule has 2 aromatic heterocycles. The van der Waals surface area contributed by atoms with Crippen LogP contribution in [0.25, 0.3) is 0 Å². The Morgan fingerprint density at radius 3 is 2.23 bits per heavy atom. The molecule has 0 radical (unpaired) electrons. The number of nitrogens with zero attached hydrogens (tertiary/aromatic N) is 5. The van der Waals surface area contributed by atoms with Crippen molar-refractivity contribution in [2.24, 2.45) is 0 Å². The number of amides is 1. The summed E-state index contributed by atoms with van der Waals surface area (Å²) < 4.78 is 14.6. The molecular weight excluding hydrogens is 541 g/mol. The van der Waals surface area contributed by atoms with Gasteiger partial charge < -0.3 is 24.7 Å². The topological polar surface area (TPSA) is 84.2 Å². The van der Waals surface area contributed by atoms with Gasteiger partial charge in [0.25, 0.3) is 5.91 Å². The lowest BCUT2D eigenvalue weighted by Gasteiger charge is -2.44. The summed E-state index contributed by atoms with van der Waals surface area (Å²) >= 11 is 0. The Hall–Kier alpha value is -3.98. The summed E-state index contributed by atoms with van der Waals surface area (Å²) in [5.41, 5.74) is 4.07. The molecule has 8 nitrogen and oxygen atoms in total. The van der Waals surface area contributed by atoms with Crippen molar-refractivity contribution in [1.29, 1.82) is 0 Å². The maximum atomic E-state index is 14.6. The normalized spacial score (nSPS) is 18.7. The molecule has 1 saturated carbocycles. The van der Waals surface area contributed by atoms with Crippen LogP contribution in [0.15, 0.2) is 67.3 Å². The lowest BCUT2D eigenvalue weighted by Crippen LogP contribution is -2.49. The van der Waals surface area contributed by atoms with Gasteiger partial charge in [-0.25, -0.2) is 14.4 Å². The molecule has 2 fully saturated rings. The number of imidazole rings is 2. The first-order chi connectivity index (χ1) is 21.1. The van der Waals surface area contributed by atoms with Crippen LogP contribution in [0.3, 0.4) is 0 Å². The number of rotatable bonds is 8. The average Bonchev–Trinajstić information content (AvgIpc) is 3.81. The lowest BCUT2D eigenvalue weighted by atomic mass is 9.73. The monoisotopic (exact) mass is 581 g/mol. The minimum Gasteiger partial charge on any atom is -0.366 e. The molecular formula is C34H40FN7O. The van der Waals surface area contributed by atoms with Crippen LogP contribution in [0.2, 0.25) is 0 Å². The number of anilines is 1. The fourth-order valence-corrected chi connectivity index (χ4v) is 7.56. The number of H-pyrrole nitrogens is 2. The minimum absolute atomic E-state index is 0.00326. The molecule has 9 heteroatoms. The molecule has 2 aromatic carbocycles. The molecule has 43 heavy (non-hydrogen) atoms. The van der Waals surface area contributed by atoms with E-state index in [0.717, 1.165) is 68.0 Å². The van der Waals surface area contributed by atoms with Crippen molar-refractivity contribution in [3.05, 3.63) is 101 Å². The van der Waals surface area contributed by atoms with Crippen LogP contribution in [-0.2, 0) is 25.0 Å². The Labute approximate surface area is 252 Å². The van der Waals surface area contributed by atoms with E-state index in [9.17, 15) is 9.18 Å². The predicted molar refractivity (Wildman–Crippen MR) is 164 cm³/mol. The number of carbonyl (C=O) groups excluding carboxylic acids is 1. The number of carbonyl (C=O) groups is 1. The van der Waals surface area contributed by atoms with Gasteiger partial charge in [0.15, 0.2) is 0 Å².